The number of ether oxygens (including phenoxy) is 1. The monoisotopic (exact) mass is 284 g/mol. The highest BCUT2D eigenvalue weighted by Crippen LogP contribution is 2.42. The molecule has 0 aromatic rings. The van der Waals surface area contributed by atoms with Gasteiger partial charge in [-0.2, -0.15) is 0 Å². The summed E-state index contributed by atoms with van der Waals surface area (Å²) in [6, 6.07) is 0.423. The van der Waals surface area contributed by atoms with Crippen molar-refractivity contribution in [3.8, 4) is 0 Å². The van der Waals surface area contributed by atoms with E-state index in [1.54, 1.807) is 0 Å². The summed E-state index contributed by atoms with van der Waals surface area (Å²) in [6.45, 7) is 19.0. The fourth-order valence-corrected chi connectivity index (χ4v) is 3.75. The van der Waals surface area contributed by atoms with E-state index in [0.717, 1.165) is 19.6 Å². The van der Waals surface area contributed by atoms with E-state index in [-0.39, 0.29) is 11.2 Å². The first-order chi connectivity index (χ1) is 9.10. The van der Waals surface area contributed by atoms with Gasteiger partial charge in [-0.25, -0.2) is 0 Å². The maximum Gasteiger partial charge on any atom is 0.0790 e. The maximum absolute atomic E-state index is 6.38. The molecule has 0 aromatic carbocycles. The normalized spacial score (nSPS) is 28.5. The lowest BCUT2D eigenvalue weighted by Gasteiger charge is -2.34. The summed E-state index contributed by atoms with van der Waals surface area (Å²) in [5.74, 6) is 1.23. The molecule has 20 heavy (non-hydrogen) atoms. The van der Waals surface area contributed by atoms with Crippen molar-refractivity contribution in [2.75, 3.05) is 26.7 Å². The Morgan fingerprint density at radius 2 is 1.75 bits per heavy atom. The van der Waals surface area contributed by atoms with Gasteiger partial charge in [-0.3, -0.25) is 0 Å². The third kappa shape index (κ3) is 4.44. The standard InChI is InChI=1S/C17H36N2O/c1-9-10-18-15-14(12-19(8)11-13(2)3)16(4,5)20-17(15,6)7/h13-15,18H,9-12H2,1-8H3. The molecule has 1 N–H and O–H groups in total. The summed E-state index contributed by atoms with van der Waals surface area (Å²) in [7, 11) is 2.23. The van der Waals surface area contributed by atoms with Gasteiger partial charge in [0.15, 0.2) is 0 Å². The molecule has 1 heterocycles. The van der Waals surface area contributed by atoms with E-state index in [4.69, 9.17) is 4.74 Å². The van der Waals surface area contributed by atoms with E-state index in [0.29, 0.717) is 17.9 Å². The van der Waals surface area contributed by atoms with Crippen molar-refractivity contribution in [3.05, 3.63) is 0 Å². The molecular weight excluding hydrogens is 248 g/mol. The van der Waals surface area contributed by atoms with Crippen molar-refractivity contribution in [2.45, 2.75) is 72.1 Å². The van der Waals surface area contributed by atoms with Gasteiger partial charge < -0.3 is 15.0 Å². The molecule has 120 valence electrons. The lowest BCUT2D eigenvalue weighted by molar-refractivity contribution is -0.0793. The molecule has 1 fully saturated rings. The molecule has 2 unspecified atom stereocenters. The molecule has 1 rings (SSSR count). The highest BCUT2D eigenvalue weighted by Gasteiger charge is 2.53. The van der Waals surface area contributed by atoms with Crippen LogP contribution >= 0.6 is 0 Å². The van der Waals surface area contributed by atoms with Crippen molar-refractivity contribution >= 4 is 0 Å². The summed E-state index contributed by atoms with van der Waals surface area (Å²) in [5.41, 5.74) is -0.165. The van der Waals surface area contributed by atoms with Crippen LogP contribution in [0.25, 0.3) is 0 Å². The molecule has 1 aliphatic rings. The molecule has 3 heteroatoms. The zero-order valence-corrected chi connectivity index (χ0v) is 14.9. The smallest absolute Gasteiger partial charge is 0.0790 e. The van der Waals surface area contributed by atoms with Crippen molar-refractivity contribution < 1.29 is 4.74 Å². The highest BCUT2D eigenvalue weighted by atomic mass is 16.5. The van der Waals surface area contributed by atoms with E-state index in [2.05, 4.69) is 65.7 Å². The van der Waals surface area contributed by atoms with E-state index in [9.17, 15) is 0 Å². The van der Waals surface area contributed by atoms with Gasteiger partial charge in [-0.15, -0.1) is 0 Å². The molecule has 1 aliphatic heterocycles. The largest absolute Gasteiger partial charge is 0.368 e. The second-order valence-electron chi connectivity index (χ2n) is 7.96. The Kier molecular flexibility index (Phi) is 6.06. The summed E-state index contributed by atoms with van der Waals surface area (Å²) in [6.07, 6.45) is 1.17. The van der Waals surface area contributed by atoms with E-state index < -0.39 is 0 Å². The SMILES string of the molecule is CCCNC1C(CN(C)CC(C)C)C(C)(C)OC1(C)C. The summed E-state index contributed by atoms with van der Waals surface area (Å²) < 4.78 is 6.38. The summed E-state index contributed by atoms with van der Waals surface area (Å²) in [5, 5.41) is 3.73. The van der Waals surface area contributed by atoms with E-state index in [1.165, 1.54) is 6.42 Å². The van der Waals surface area contributed by atoms with Crippen LogP contribution in [0.2, 0.25) is 0 Å². The molecule has 2 atom stereocenters. The van der Waals surface area contributed by atoms with Gasteiger partial charge in [0.2, 0.25) is 0 Å². The molecule has 0 radical (unpaired) electrons. The van der Waals surface area contributed by atoms with Crippen LogP contribution in [0.5, 0.6) is 0 Å². The Morgan fingerprint density at radius 3 is 2.25 bits per heavy atom. The number of nitrogens with zero attached hydrogens (tertiary/aromatic N) is 1. The van der Waals surface area contributed by atoms with Crippen LogP contribution in [-0.2, 0) is 4.74 Å². The predicted octanol–water partition coefficient (Wildman–Crippen LogP) is 3.15. The first kappa shape index (κ1) is 17.9. The third-order valence-corrected chi connectivity index (χ3v) is 4.37. The molecule has 0 amide bonds. The second kappa shape index (κ2) is 6.76. The quantitative estimate of drug-likeness (QED) is 0.777. The van der Waals surface area contributed by atoms with Gasteiger partial charge in [-0.1, -0.05) is 20.8 Å². The van der Waals surface area contributed by atoms with E-state index >= 15 is 0 Å². The number of nitrogens with one attached hydrogen (secondary N) is 1. The van der Waals surface area contributed by atoms with Gasteiger partial charge >= 0.3 is 0 Å². The van der Waals surface area contributed by atoms with Crippen LogP contribution in [0.1, 0.15) is 54.9 Å². The average Bonchev–Trinajstić information content (AvgIpc) is 2.40. The minimum Gasteiger partial charge on any atom is -0.368 e. The van der Waals surface area contributed by atoms with Crippen LogP contribution in [0.15, 0.2) is 0 Å². The lowest BCUT2D eigenvalue weighted by Crippen LogP contribution is -2.51. The molecule has 3 nitrogen and oxygen atoms in total. The zero-order valence-electron chi connectivity index (χ0n) is 14.9. The summed E-state index contributed by atoms with van der Waals surface area (Å²) >= 11 is 0. The van der Waals surface area contributed by atoms with Gasteiger partial charge in [0.25, 0.3) is 0 Å². The van der Waals surface area contributed by atoms with Gasteiger partial charge in [-0.05, 0) is 53.6 Å². The van der Waals surface area contributed by atoms with Crippen molar-refractivity contribution in [2.24, 2.45) is 11.8 Å². The zero-order chi connectivity index (χ0) is 15.6. The molecule has 1 saturated heterocycles. The highest BCUT2D eigenvalue weighted by molar-refractivity contribution is 5.06. The van der Waals surface area contributed by atoms with Crippen LogP contribution in [-0.4, -0.2) is 48.8 Å². The number of rotatable bonds is 7. The van der Waals surface area contributed by atoms with Crippen LogP contribution in [0.3, 0.4) is 0 Å². The predicted molar refractivity (Wildman–Crippen MR) is 87.1 cm³/mol. The average molecular weight is 284 g/mol. The van der Waals surface area contributed by atoms with Crippen molar-refractivity contribution in [3.63, 3.8) is 0 Å². The topological polar surface area (TPSA) is 24.5 Å². The van der Waals surface area contributed by atoms with Gasteiger partial charge in [0.05, 0.1) is 11.2 Å². The van der Waals surface area contributed by atoms with Crippen LogP contribution in [0.4, 0.5) is 0 Å². The Morgan fingerprint density at radius 1 is 1.15 bits per heavy atom. The molecule has 0 aliphatic carbocycles. The lowest BCUT2D eigenvalue weighted by atomic mass is 9.82. The molecule has 0 bridgehead atoms. The Hall–Kier alpha value is -0.120. The third-order valence-electron chi connectivity index (χ3n) is 4.37. The molecule has 0 spiro atoms. The Labute approximate surface area is 126 Å². The molecular formula is C17H36N2O. The number of hydrogen-bond acceptors (Lipinski definition) is 3. The Balaban J connectivity index is 2.80. The van der Waals surface area contributed by atoms with Gasteiger partial charge in [0.1, 0.15) is 0 Å². The second-order valence-corrected chi connectivity index (χ2v) is 7.96. The fraction of sp³-hybridized carbons (Fsp3) is 1.00. The molecule has 0 saturated carbocycles. The first-order valence-electron chi connectivity index (χ1n) is 8.22. The van der Waals surface area contributed by atoms with Crippen LogP contribution in [0, 0.1) is 11.8 Å². The summed E-state index contributed by atoms with van der Waals surface area (Å²) in [4.78, 5) is 2.46. The van der Waals surface area contributed by atoms with Gasteiger partial charge in [0, 0.05) is 25.0 Å². The minimum atomic E-state index is -0.0952. The first-order valence-corrected chi connectivity index (χ1v) is 8.22. The van der Waals surface area contributed by atoms with Crippen LogP contribution < -0.4 is 5.32 Å². The Bertz CT molecular complexity index is 299. The van der Waals surface area contributed by atoms with E-state index in [1.807, 2.05) is 0 Å². The van der Waals surface area contributed by atoms with Crippen molar-refractivity contribution in [1.82, 2.24) is 10.2 Å². The van der Waals surface area contributed by atoms with Crippen molar-refractivity contribution in [1.29, 1.82) is 0 Å². The number of hydrogen-bond donors (Lipinski definition) is 1. The minimum absolute atomic E-state index is 0.0693. The maximum atomic E-state index is 6.38. The molecule has 0 aromatic heterocycles. The fourth-order valence-electron chi connectivity index (χ4n) is 3.75.